The molecule has 0 bridgehead atoms. The Bertz CT molecular complexity index is 656. The molecule has 2 aromatic rings. The number of aryl methyl sites for hydroxylation is 1. The highest BCUT2D eigenvalue weighted by atomic mass is 32.1. The summed E-state index contributed by atoms with van der Waals surface area (Å²) in [6, 6.07) is 4.98. The molecule has 0 radical (unpaired) electrons. The van der Waals surface area contributed by atoms with Crippen LogP contribution in [0.15, 0.2) is 23.6 Å². The fourth-order valence-electron chi connectivity index (χ4n) is 1.83. The van der Waals surface area contributed by atoms with Crippen LogP contribution in [0.3, 0.4) is 0 Å². The SMILES string of the molecule is Cc1cc(OCc2nc(C(C)(C)C)cs2)ccc1C(=O)O. The van der Waals surface area contributed by atoms with Crippen LogP contribution in [0.2, 0.25) is 0 Å². The lowest BCUT2D eigenvalue weighted by molar-refractivity contribution is 0.0696. The quantitative estimate of drug-likeness (QED) is 0.926. The van der Waals surface area contributed by atoms with Gasteiger partial charge in [-0.25, -0.2) is 9.78 Å². The Morgan fingerprint density at radius 3 is 2.62 bits per heavy atom. The highest BCUT2D eigenvalue weighted by Crippen LogP contribution is 2.25. The van der Waals surface area contributed by atoms with Crippen molar-refractivity contribution in [2.45, 2.75) is 39.7 Å². The second-order valence-electron chi connectivity index (χ2n) is 5.95. The molecule has 1 N–H and O–H groups in total. The van der Waals surface area contributed by atoms with Gasteiger partial charge in [-0.2, -0.15) is 0 Å². The minimum Gasteiger partial charge on any atom is -0.486 e. The maximum atomic E-state index is 11.0. The number of ether oxygens (including phenoxy) is 1. The van der Waals surface area contributed by atoms with Gasteiger partial charge in [0.25, 0.3) is 0 Å². The summed E-state index contributed by atoms with van der Waals surface area (Å²) in [5, 5.41) is 12.0. The third kappa shape index (κ3) is 3.82. The standard InChI is InChI=1S/C16H19NO3S/c1-10-7-11(5-6-12(10)15(18)19)20-8-14-17-13(9-21-14)16(2,3)4/h5-7,9H,8H2,1-4H3,(H,18,19). The van der Waals surface area contributed by atoms with Gasteiger partial charge in [0.1, 0.15) is 17.4 Å². The summed E-state index contributed by atoms with van der Waals surface area (Å²) in [7, 11) is 0. The lowest BCUT2D eigenvalue weighted by atomic mass is 9.93. The molecule has 0 atom stereocenters. The third-order valence-electron chi connectivity index (χ3n) is 3.11. The Morgan fingerprint density at radius 1 is 1.38 bits per heavy atom. The van der Waals surface area contributed by atoms with Crippen molar-refractivity contribution < 1.29 is 14.6 Å². The molecule has 0 saturated carbocycles. The van der Waals surface area contributed by atoms with Crippen molar-refractivity contribution >= 4 is 17.3 Å². The first-order chi connectivity index (χ1) is 9.77. The van der Waals surface area contributed by atoms with E-state index in [1.165, 1.54) is 0 Å². The predicted molar refractivity (Wildman–Crippen MR) is 83.3 cm³/mol. The van der Waals surface area contributed by atoms with E-state index in [0.29, 0.717) is 23.5 Å². The first-order valence-electron chi connectivity index (χ1n) is 6.69. The van der Waals surface area contributed by atoms with Gasteiger partial charge >= 0.3 is 5.97 Å². The highest BCUT2D eigenvalue weighted by Gasteiger charge is 2.17. The maximum Gasteiger partial charge on any atom is 0.335 e. The number of rotatable bonds is 4. The second kappa shape index (κ2) is 5.85. The Balaban J connectivity index is 2.05. The van der Waals surface area contributed by atoms with Crippen LogP contribution >= 0.6 is 11.3 Å². The van der Waals surface area contributed by atoms with E-state index < -0.39 is 5.97 Å². The minimum atomic E-state index is -0.922. The lowest BCUT2D eigenvalue weighted by Gasteiger charge is -2.14. The fourth-order valence-corrected chi connectivity index (χ4v) is 2.76. The molecule has 0 unspecified atom stereocenters. The van der Waals surface area contributed by atoms with Crippen molar-refractivity contribution in [1.82, 2.24) is 4.98 Å². The van der Waals surface area contributed by atoms with Crippen molar-refractivity contribution in [2.24, 2.45) is 0 Å². The van der Waals surface area contributed by atoms with Gasteiger partial charge in [0.2, 0.25) is 0 Å². The molecule has 1 heterocycles. The molecule has 21 heavy (non-hydrogen) atoms. The fraction of sp³-hybridized carbons (Fsp3) is 0.375. The van der Waals surface area contributed by atoms with E-state index in [4.69, 9.17) is 9.84 Å². The number of nitrogens with zero attached hydrogens (tertiary/aromatic N) is 1. The van der Waals surface area contributed by atoms with E-state index in [9.17, 15) is 4.79 Å². The van der Waals surface area contributed by atoms with Crippen LogP contribution in [0.4, 0.5) is 0 Å². The number of aromatic carboxylic acids is 1. The van der Waals surface area contributed by atoms with Gasteiger partial charge in [-0.05, 0) is 30.7 Å². The van der Waals surface area contributed by atoms with E-state index in [2.05, 4.69) is 31.1 Å². The predicted octanol–water partition coefficient (Wildman–Crippen LogP) is 4.03. The van der Waals surface area contributed by atoms with Crippen LogP contribution in [-0.2, 0) is 12.0 Å². The van der Waals surface area contributed by atoms with Crippen LogP contribution in [0, 0.1) is 6.92 Å². The number of carboxylic acid groups (broad SMARTS) is 1. The Morgan fingerprint density at radius 2 is 2.10 bits per heavy atom. The summed E-state index contributed by atoms with van der Waals surface area (Å²) in [5.74, 6) is -0.265. The zero-order valence-corrected chi connectivity index (χ0v) is 13.5. The van der Waals surface area contributed by atoms with Gasteiger partial charge in [0.05, 0.1) is 11.3 Å². The molecular formula is C16H19NO3S. The van der Waals surface area contributed by atoms with Crippen molar-refractivity contribution in [3.63, 3.8) is 0 Å². The van der Waals surface area contributed by atoms with Crippen molar-refractivity contribution in [3.05, 3.63) is 45.4 Å². The van der Waals surface area contributed by atoms with Crippen LogP contribution in [0.25, 0.3) is 0 Å². The second-order valence-corrected chi connectivity index (χ2v) is 6.89. The molecule has 0 spiro atoms. The Labute approximate surface area is 128 Å². The zero-order chi connectivity index (χ0) is 15.6. The van der Waals surface area contributed by atoms with Crippen molar-refractivity contribution in [3.8, 4) is 5.75 Å². The number of hydrogen-bond acceptors (Lipinski definition) is 4. The van der Waals surface area contributed by atoms with Gasteiger partial charge in [-0.1, -0.05) is 20.8 Å². The van der Waals surface area contributed by atoms with Crippen LogP contribution in [0.1, 0.15) is 47.4 Å². The molecule has 0 fully saturated rings. The molecule has 0 aliphatic rings. The number of carbonyl (C=O) groups is 1. The van der Waals surface area contributed by atoms with Gasteiger partial charge in [-0.15, -0.1) is 11.3 Å². The summed E-state index contributed by atoms with van der Waals surface area (Å²) in [4.78, 5) is 15.5. The molecule has 0 aliphatic carbocycles. The molecular weight excluding hydrogens is 286 g/mol. The number of thiazole rings is 1. The normalized spacial score (nSPS) is 11.4. The summed E-state index contributed by atoms with van der Waals surface area (Å²) < 4.78 is 5.69. The summed E-state index contributed by atoms with van der Waals surface area (Å²) >= 11 is 1.58. The van der Waals surface area contributed by atoms with Crippen molar-refractivity contribution in [1.29, 1.82) is 0 Å². The maximum absolute atomic E-state index is 11.0. The van der Waals surface area contributed by atoms with E-state index in [1.54, 1.807) is 36.5 Å². The monoisotopic (exact) mass is 305 g/mol. The first-order valence-corrected chi connectivity index (χ1v) is 7.57. The summed E-state index contributed by atoms with van der Waals surface area (Å²) in [6.45, 7) is 8.53. The molecule has 1 aromatic heterocycles. The molecule has 1 aromatic carbocycles. The third-order valence-corrected chi connectivity index (χ3v) is 3.93. The van der Waals surface area contributed by atoms with Crippen LogP contribution < -0.4 is 4.74 Å². The summed E-state index contributed by atoms with van der Waals surface area (Å²) in [5.41, 5.74) is 2.08. The Kier molecular flexibility index (Phi) is 4.32. The van der Waals surface area contributed by atoms with Crippen LogP contribution in [0.5, 0.6) is 5.75 Å². The minimum absolute atomic E-state index is 0.0362. The lowest BCUT2D eigenvalue weighted by Crippen LogP contribution is -2.11. The average molecular weight is 305 g/mol. The van der Waals surface area contributed by atoms with Crippen LogP contribution in [-0.4, -0.2) is 16.1 Å². The van der Waals surface area contributed by atoms with E-state index in [-0.39, 0.29) is 5.41 Å². The zero-order valence-electron chi connectivity index (χ0n) is 12.6. The van der Waals surface area contributed by atoms with Gasteiger partial charge in [0.15, 0.2) is 0 Å². The number of aromatic nitrogens is 1. The molecule has 0 amide bonds. The highest BCUT2D eigenvalue weighted by molar-refractivity contribution is 7.09. The van der Waals surface area contributed by atoms with Gasteiger partial charge < -0.3 is 9.84 Å². The molecule has 5 heteroatoms. The van der Waals surface area contributed by atoms with E-state index in [1.807, 2.05) is 0 Å². The molecule has 4 nitrogen and oxygen atoms in total. The average Bonchev–Trinajstić information content (AvgIpc) is 2.84. The number of carboxylic acids is 1. The smallest absolute Gasteiger partial charge is 0.335 e. The molecule has 2 rings (SSSR count). The Hall–Kier alpha value is -1.88. The number of hydrogen-bond donors (Lipinski definition) is 1. The number of benzene rings is 1. The van der Waals surface area contributed by atoms with E-state index in [0.717, 1.165) is 10.7 Å². The van der Waals surface area contributed by atoms with E-state index >= 15 is 0 Å². The summed E-state index contributed by atoms with van der Waals surface area (Å²) in [6.07, 6.45) is 0. The molecule has 112 valence electrons. The largest absolute Gasteiger partial charge is 0.486 e. The molecule has 0 saturated heterocycles. The van der Waals surface area contributed by atoms with Gasteiger partial charge in [0, 0.05) is 10.8 Å². The van der Waals surface area contributed by atoms with Crippen molar-refractivity contribution in [2.75, 3.05) is 0 Å². The first kappa shape index (κ1) is 15.5. The molecule has 0 aliphatic heterocycles. The van der Waals surface area contributed by atoms with Gasteiger partial charge in [-0.3, -0.25) is 0 Å². The topological polar surface area (TPSA) is 59.4 Å².